The van der Waals surface area contributed by atoms with Gasteiger partial charge in [-0.2, -0.15) is 0 Å². The predicted molar refractivity (Wildman–Crippen MR) is 48.7 cm³/mol. The van der Waals surface area contributed by atoms with Crippen LogP contribution in [0.5, 0.6) is 0 Å². The van der Waals surface area contributed by atoms with Crippen molar-refractivity contribution in [2.45, 2.75) is 19.8 Å². The third kappa shape index (κ3) is 6.18. The zero-order chi connectivity index (χ0) is 7.82. The Morgan fingerprint density at radius 3 is 2.60 bits per heavy atom. The molecular weight excluding hydrogens is 167 g/mol. The van der Waals surface area contributed by atoms with Gasteiger partial charge < -0.3 is 0 Å². The molecule has 0 unspecified atom stereocenters. The first-order valence-electron chi connectivity index (χ1n) is 3.28. The van der Waals surface area contributed by atoms with Crippen molar-refractivity contribution in [2.75, 3.05) is 5.88 Å². The zero-order valence-electron chi connectivity index (χ0n) is 6.11. The standard InChI is InChI=1S/C8H12Cl2/c1-8(7-10)5-3-2-4-6-9/h2-3,7H,4-6H2,1H3. The average molecular weight is 179 g/mol. The number of hydrogen-bond donors (Lipinski definition) is 0. The van der Waals surface area contributed by atoms with Gasteiger partial charge in [-0.1, -0.05) is 29.3 Å². The number of allylic oxidation sites excluding steroid dienone is 3. The Labute approximate surface area is 72.5 Å². The van der Waals surface area contributed by atoms with Crippen molar-refractivity contribution in [3.05, 3.63) is 23.3 Å². The first kappa shape index (κ1) is 10.1. The van der Waals surface area contributed by atoms with Crippen LogP contribution in [0.3, 0.4) is 0 Å². The molecule has 0 amide bonds. The summed E-state index contributed by atoms with van der Waals surface area (Å²) < 4.78 is 0. The van der Waals surface area contributed by atoms with Crippen LogP contribution in [-0.2, 0) is 0 Å². The van der Waals surface area contributed by atoms with Gasteiger partial charge in [-0.3, -0.25) is 0 Å². The minimum Gasteiger partial charge on any atom is -0.126 e. The van der Waals surface area contributed by atoms with E-state index in [0.717, 1.165) is 12.8 Å². The third-order valence-corrected chi connectivity index (χ3v) is 1.66. The maximum Gasteiger partial charge on any atom is 0.0258 e. The second-order valence-corrected chi connectivity index (χ2v) is 2.70. The van der Waals surface area contributed by atoms with Gasteiger partial charge >= 0.3 is 0 Å². The molecule has 0 aromatic heterocycles. The van der Waals surface area contributed by atoms with Crippen molar-refractivity contribution < 1.29 is 0 Å². The van der Waals surface area contributed by atoms with Gasteiger partial charge in [0.15, 0.2) is 0 Å². The number of rotatable bonds is 4. The smallest absolute Gasteiger partial charge is 0.0258 e. The molecule has 0 bridgehead atoms. The molecule has 0 radical (unpaired) electrons. The Bertz CT molecular complexity index is 125. The predicted octanol–water partition coefficient (Wildman–Crippen LogP) is 3.70. The lowest BCUT2D eigenvalue weighted by Crippen LogP contribution is -1.70. The molecule has 10 heavy (non-hydrogen) atoms. The molecule has 0 nitrogen and oxygen atoms in total. The zero-order valence-corrected chi connectivity index (χ0v) is 7.62. The molecule has 2 heteroatoms. The lowest BCUT2D eigenvalue weighted by atomic mass is 10.2. The van der Waals surface area contributed by atoms with Crippen LogP contribution >= 0.6 is 23.2 Å². The maximum absolute atomic E-state index is 5.46. The van der Waals surface area contributed by atoms with Crippen molar-refractivity contribution in [1.82, 2.24) is 0 Å². The summed E-state index contributed by atoms with van der Waals surface area (Å²) >= 11 is 10.9. The molecule has 0 atom stereocenters. The highest BCUT2D eigenvalue weighted by atomic mass is 35.5. The third-order valence-electron chi connectivity index (χ3n) is 1.07. The molecule has 0 aliphatic rings. The van der Waals surface area contributed by atoms with Crippen molar-refractivity contribution in [2.24, 2.45) is 0 Å². The van der Waals surface area contributed by atoms with Gasteiger partial charge in [0, 0.05) is 11.4 Å². The summed E-state index contributed by atoms with van der Waals surface area (Å²) in [6.45, 7) is 2.00. The van der Waals surface area contributed by atoms with Crippen LogP contribution in [0.25, 0.3) is 0 Å². The van der Waals surface area contributed by atoms with E-state index < -0.39 is 0 Å². The van der Waals surface area contributed by atoms with Gasteiger partial charge in [0.1, 0.15) is 0 Å². The topological polar surface area (TPSA) is 0 Å². The fraction of sp³-hybridized carbons (Fsp3) is 0.500. The summed E-state index contributed by atoms with van der Waals surface area (Å²) in [5.74, 6) is 0.695. The van der Waals surface area contributed by atoms with E-state index in [1.54, 1.807) is 5.54 Å². The van der Waals surface area contributed by atoms with Crippen molar-refractivity contribution >= 4 is 23.2 Å². The van der Waals surface area contributed by atoms with Crippen LogP contribution in [0.4, 0.5) is 0 Å². The van der Waals surface area contributed by atoms with E-state index in [4.69, 9.17) is 23.2 Å². The van der Waals surface area contributed by atoms with Crippen LogP contribution in [0.15, 0.2) is 23.3 Å². The van der Waals surface area contributed by atoms with Gasteiger partial charge in [0.2, 0.25) is 0 Å². The molecule has 0 heterocycles. The first-order valence-corrected chi connectivity index (χ1v) is 4.25. The van der Waals surface area contributed by atoms with E-state index in [1.165, 1.54) is 5.57 Å². The highest BCUT2D eigenvalue weighted by Crippen LogP contribution is 2.02. The number of halogens is 2. The lowest BCUT2D eigenvalue weighted by Gasteiger charge is -1.89. The minimum atomic E-state index is 0.695. The van der Waals surface area contributed by atoms with Gasteiger partial charge in [0.25, 0.3) is 0 Å². The lowest BCUT2D eigenvalue weighted by molar-refractivity contribution is 1.17. The minimum absolute atomic E-state index is 0.695. The van der Waals surface area contributed by atoms with Crippen molar-refractivity contribution in [1.29, 1.82) is 0 Å². The summed E-state index contributed by atoms with van der Waals surface area (Å²) in [6, 6.07) is 0. The molecule has 0 aromatic rings. The monoisotopic (exact) mass is 178 g/mol. The Morgan fingerprint density at radius 2 is 2.10 bits per heavy atom. The van der Waals surface area contributed by atoms with E-state index in [1.807, 2.05) is 6.92 Å². The fourth-order valence-electron chi connectivity index (χ4n) is 0.495. The Morgan fingerprint density at radius 1 is 1.40 bits per heavy atom. The van der Waals surface area contributed by atoms with Crippen LogP contribution in [0, 0.1) is 0 Å². The highest BCUT2D eigenvalue weighted by Gasteiger charge is 1.81. The van der Waals surface area contributed by atoms with E-state index in [2.05, 4.69) is 12.2 Å². The normalized spacial score (nSPS) is 12.9. The van der Waals surface area contributed by atoms with Gasteiger partial charge in [0.05, 0.1) is 0 Å². The largest absolute Gasteiger partial charge is 0.126 e. The molecule has 0 aliphatic carbocycles. The first-order chi connectivity index (χ1) is 4.81. The van der Waals surface area contributed by atoms with Crippen LogP contribution in [0.1, 0.15) is 19.8 Å². The van der Waals surface area contributed by atoms with E-state index in [-0.39, 0.29) is 0 Å². The quantitative estimate of drug-likeness (QED) is 0.455. The SMILES string of the molecule is CC(=CCl)CC=CCCCl. The van der Waals surface area contributed by atoms with Crippen molar-refractivity contribution in [3.63, 3.8) is 0 Å². The van der Waals surface area contributed by atoms with E-state index in [0.29, 0.717) is 5.88 Å². The summed E-state index contributed by atoms with van der Waals surface area (Å²) in [6.07, 6.45) is 6.02. The number of hydrogen-bond acceptors (Lipinski definition) is 0. The molecule has 0 rings (SSSR count). The fourth-order valence-corrected chi connectivity index (χ4v) is 0.710. The Balaban J connectivity index is 3.34. The Hall–Kier alpha value is 0.0600. The molecule has 0 saturated carbocycles. The second kappa shape index (κ2) is 7.17. The molecule has 0 aliphatic heterocycles. The van der Waals surface area contributed by atoms with Gasteiger partial charge in [-0.25, -0.2) is 0 Å². The van der Waals surface area contributed by atoms with Crippen LogP contribution in [-0.4, -0.2) is 5.88 Å². The summed E-state index contributed by atoms with van der Waals surface area (Å²) in [4.78, 5) is 0. The molecule has 0 N–H and O–H groups in total. The molecule has 0 fully saturated rings. The van der Waals surface area contributed by atoms with Gasteiger partial charge in [-0.15, -0.1) is 11.6 Å². The van der Waals surface area contributed by atoms with E-state index in [9.17, 15) is 0 Å². The van der Waals surface area contributed by atoms with E-state index >= 15 is 0 Å². The van der Waals surface area contributed by atoms with Crippen LogP contribution < -0.4 is 0 Å². The van der Waals surface area contributed by atoms with Crippen LogP contribution in [0.2, 0.25) is 0 Å². The summed E-state index contributed by atoms with van der Waals surface area (Å²) in [7, 11) is 0. The highest BCUT2D eigenvalue weighted by molar-refractivity contribution is 6.25. The second-order valence-electron chi connectivity index (χ2n) is 2.11. The number of alkyl halides is 1. The molecule has 58 valence electrons. The molecule has 0 spiro atoms. The summed E-state index contributed by atoms with van der Waals surface area (Å²) in [5.41, 5.74) is 2.78. The maximum atomic E-state index is 5.46. The molecular formula is C8H12Cl2. The molecule has 0 aromatic carbocycles. The molecule has 0 saturated heterocycles. The summed E-state index contributed by atoms with van der Waals surface area (Å²) in [5, 5.41) is 0. The Kier molecular flexibility index (Phi) is 7.21. The average Bonchev–Trinajstić information content (AvgIpc) is 1.98. The van der Waals surface area contributed by atoms with Crippen molar-refractivity contribution in [3.8, 4) is 0 Å². The van der Waals surface area contributed by atoms with Gasteiger partial charge in [-0.05, 0) is 19.8 Å².